The van der Waals surface area contributed by atoms with E-state index in [0.29, 0.717) is 18.3 Å². The Morgan fingerprint density at radius 1 is 1.39 bits per heavy atom. The van der Waals surface area contributed by atoms with Gasteiger partial charge in [0.15, 0.2) is 0 Å². The topological polar surface area (TPSA) is 57.5 Å². The molecule has 3 atom stereocenters. The molecule has 2 saturated carbocycles. The summed E-state index contributed by atoms with van der Waals surface area (Å²) in [6, 6.07) is 7.01. The number of carboxylic acid groups (broad SMARTS) is 1. The molecule has 3 nitrogen and oxygen atoms in total. The number of carbonyl (C=O) groups is 1. The third-order valence-electron chi connectivity index (χ3n) is 4.83. The molecule has 1 aromatic carbocycles. The maximum Gasteiger partial charge on any atom is 0.310 e. The minimum Gasteiger partial charge on any atom is -0.508 e. The molecule has 2 fully saturated rings. The Bertz CT molecular complexity index is 482. The van der Waals surface area contributed by atoms with Gasteiger partial charge in [0.25, 0.3) is 0 Å². The van der Waals surface area contributed by atoms with Crippen molar-refractivity contribution in [3.8, 4) is 5.75 Å². The van der Waals surface area contributed by atoms with E-state index in [1.165, 1.54) is 6.42 Å². The number of aliphatic carboxylic acids is 1. The average Bonchev–Trinajstić information content (AvgIpc) is 2.89. The van der Waals surface area contributed by atoms with Crippen molar-refractivity contribution in [3.63, 3.8) is 0 Å². The van der Waals surface area contributed by atoms with Gasteiger partial charge in [-0.2, -0.15) is 0 Å². The van der Waals surface area contributed by atoms with Gasteiger partial charge in [-0.25, -0.2) is 0 Å². The van der Waals surface area contributed by atoms with Gasteiger partial charge in [-0.05, 0) is 55.2 Å². The quantitative estimate of drug-likeness (QED) is 0.862. The van der Waals surface area contributed by atoms with Gasteiger partial charge >= 0.3 is 5.97 Å². The van der Waals surface area contributed by atoms with Gasteiger partial charge in [-0.1, -0.05) is 18.6 Å². The number of phenols is 1. The molecule has 0 spiro atoms. The van der Waals surface area contributed by atoms with Crippen LogP contribution in [0.4, 0.5) is 0 Å². The maximum absolute atomic E-state index is 11.7. The fraction of sp³-hybridized carbons (Fsp3) is 0.533. The summed E-state index contributed by atoms with van der Waals surface area (Å²) in [5, 5.41) is 19.1. The van der Waals surface area contributed by atoms with E-state index < -0.39 is 11.4 Å². The molecule has 96 valence electrons. The molecule has 0 saturated heterocycles. The van der Waals surface area contributed by atoms with Crippen LogP contribution in [0.3, 0.4) is 0 Å². The van der Waals surface area contributed by atoms with E-state index in [2.05, 4.69) is 0 Å². The van der Waals surface area contributed by atoms with Crippen molar-refractivity contribution in [1.29, 1.82) is 0 Å². The fourth-order valence-corrected chi connectivity index (χ4v) is 4.03. The van der Waals surface area contributed by atoms with Gasteiger partial charge in [0.1, 0.15) is 5.75 Å². The predicted octanol–water partition coefficient (Wildman–Crippen LogP) is 2.83. The monoisotopic (exact) mass is 246 g/mol. The van der Waals surface area contributed by atoms with E-state index in [1.807, 2.05) is 6.07 Å². The van der Waals surface area contributed by atoms with Crippen LogP contribution in [0, 0.1) is 17.3 Å². The molecule has 0 amide bonds. The fourth-order valence-electron chi connectivity index (χ4n) is 4.03. The molecule has 0 heterocycles. The van der Waals surface area contributed by atoms with Gasteiger partial charge in [0, 0.05) is 0 Å². The largest absolute Gasteiger partial charge is 0.508 e. The second kappa shape index (κ2) is 4.01. The molecule has 18 heavy (non-hydrogen) atoms. The van der Waals surface area contributed by atoms with E-state index in [-0.39, 0.29) is 5.75 Å². The zero-order chi connectivity index (χ0) is 12.8. The highest BCUT2D eigenvalue weighted by Gasteiger charge is 2.55. The second-order valence-electron chi connectivity index (χ2n) is 5.89. The summed E-state index contributed by atoms with van der Waals surface area (Å²) < 4.78 is 0. The van der Waals surface area contributed by atoms with Crippen molar-refractivity contribution >= 4 is 5.97 Å². The highest BCUT2D eigenvalue weighted by atomic mass is 16.4. The number of hydrogen-bond donors (Lipinski definition) is 2. The summed E-state index contributed by atoms with van der Waals surface area (Å²) in [5.41, 5.74) is 0.349. The summed E-state index contributed by atoms with van der Waals surface area (Å²) in [4.78, 5) is 11.7. The molecular weight excluding hydrogens is 228 g/mol. The molecule has 2 aliphatic rings. The molecule has 2 N–H and O–H groups in total. The lowest BCUT2D eigenvalue weighted by atomic mass is 9.69. The molecule has 0 aliphatic heterocycles. The third kappa shape index (κ3) is 1.69. The van der Waals surface area contributed by atoms with Crippen LogP contribution < -0.4 is 0 Å². The molecule has 0 radical (unpaired) electrons. The van der Waals surface area contributed by atoms with Crippen LogP contribution >= 0.6 is 0 Å². The first-order chi connectivity index (χ1) is 8.60. The van der Waals surface area contributed by atoms with Gasteiger partial charge < -0.3 is 10.2 Å². The van der Waals surface area contributed by atoms with E-state index in [9.17, 15) is 15.0 Å². The summed E-state index contributed by atoms with van der Waals surface area (Å²) >= 11 is 0. The summed E-state index contributed by atoms with van der Waals surface area (Å²) in [6.07, 6.45) is 4.68. The molecule has 1 aromatic rings. The van der Waals surface area contributed by atoms with E-state index >= 15 is 0 Å². The van der Waals surface area contributed by atoms with Gasteiger partial charge in [-0.15, -0.1) is 0 Å². The van der Waals surface area contributed by atoms with Gasteiger partial charge in [0.2, 0.25) is 0 Å². The predicted molar refractivity (Wildman–Crippen MR) is 67.3 cm³/mol. The van der Waals surface area contributed by atoms with Gasteiger partial charge in [-0.3, -0.25) is 4.79 Å². The summed E-state index contributed by atoms with van der Waals surface area (Å²) in [7, 11) is 0. The SMILES string of the molecule is O=C(O)C1(Cc2cccc(O)c2)CC2CCC1C2. The lowest BCUT2D eigenvalue weighted by Gasteiger charge is -2.33. The summed E-state index contributed by atoms with van der Waals surface area (Å²) in [6.45, 7) is 0. The standard InChI is InChI=1S/C15H18O3/c16-13-3-1-2-10(7-13)8-15(14(17)18)9-11-4-5-12(15)6-11/h1-3,7,11-12,16H,4-6,8-9H2,(H,17,18). The maximum atomic E-state index is 11.7. The second-order valence-corrected chi connectivity index (χ2v) is 5.89. The molecule has 2 bridgehead atoms. The zero-order valence-corrected chi connectivity index (χ0v) is 10.3. The van der Waals surface area contributed by atoms with E-state index in [1.54, 1.807) is 18.2 Å². The lowest BCUT2D eigenvalue weighted by Crippen LogP contribution is -2.38. The third-order valence-corrected chi connectivity index (χ3v) is 4.83. The number of rotatable bonds is 3. The number of aromatic hydroxyl groups is 1. The highest BCUT2D eigenvalue weighted by Crippen LogP contribution is 2.57. The van der Waals surface area contributed by atoms with Crippen molar-refractivity contribution in [2.24, 2.45) is 17.3 Å². The molecule has 0 aromatic heterocycles. The Morgan fingerprint density at radius 2 is 2.22 bits per heavy atom. The van der Waals surface area contributed by atoms with Crippen molar-refractivity contribution in [1.82, 2.24) is 0 Å². The minimum atomic E-state index is -0.655. The van der Waals surface area contributed by atoms with Crippen molar-refractivity contribution in [2.75, 3.05) is 0 Å². The van der Waals surface area contributed by atoms with Crippen molar-refractivity contribution in [3.05, 3.63) is 29.8 Å². The van der Waals surface area contributed by atoms with E-state index in [0.717, 1.165) is 24.8 Å². The Balaban J connectivity index is 1.90. The molecule has 2 aliphatic carbocycles. The van der Waals surface area contributed by atoms with Crippen LogP contribution in [-0.4, -0.2) is 16.2 Å². The van der Waals surface area contributed by atoms with Crippen LogP contribution in [0.5, 0.6) is 5.75 Å². The Morgan fingerprint density at radius 3 is 2.78 bits per heavy atom. The Kier molecular flexibility index (Phi) is 2.58. The van der Waals surface area contributed by atoms with Crippen LogP contribution in [0.25, 0.3) is 0 Å². The number of benzene rings is 1. The normalized spacial score (nSPS) is 33.8. The Hall–Kier alpha value is -1.51. The number of fused-ring (bicyclic) bond motifs is 2. The van der Waals surface area contributed by atoms with Crippen molar-refractivity contribution in [2.45, 2.75) is 32.1 Å². The van der Waals surface area contributed by atoms with Gasteiger partial charge in [0.05, 0.1) is 5.41 Å². The van der Waals surface area contributed by atoms with Crippen LogP contribution in [0.1, 0.15) is 31.2 Å². The smallest absolute Gasteiger partial charge is 0.310 e. The Labute approximate surface area is 106 Å². The van der Waals surface area contributed by atoms with Crippen LogP contribution in [0.2, 0.25) is 0 Å². The zero-order valence-electron chi connectivity index (χ0n) is 10.3. The molecule has 3 unspecified atom stereocenters. The number of phenolic OH excluding ortho intramolecular Hbond substituents is 1. The number of carboxylic acids is 1. The number of hydrogen-bond acceptors (Lipinski definition) is 2. The minimum absolute atomic E-state index is 0.219. The first-order valence-corrected chi connectivity index (χ1v) is 6.61. The highest BCUT2D eigenvalue weighted by molar-refractivity contribution is 5.76. The summed E-state index contributed by atoms with van der Waals surface area (Å²) in [5.74, 6) is 0.486. The van der Waals surface area contributed by atoms with Crippen LogP contribution in [-0.2, 0) is 11.2 Å². The molecule has 3 heteroatoms. The van der Waals surface area contributed by atoms with Crippen molar-refractivity contribution < 1.29 is 15.0 Å². The van der Waals surface area contributed by atoms with Crippen LogP contribution in [0.15, 0.2) is 24.3 Å². The first kappa shape index (κ1) is 11.6. The van der Waals surface area contributed by atoms with E-state index in [4.69, 9.17) is 0 Å². The molecule has 3 rings (SSSR count). The first-order valence-electron chi connectivity index (χ1n) is 6.61. The average molecular weight is 246 g/mol. The lowest BCUT2D eigenvalue weighted by molar-refractivity contribution is -0.152. The molecular formula is C15H18O3.